The van der Waals surface area contributed by atoms with Crippen LogP contribution < -0.4 is 14.8 Å². The molecule has 6 nitrogen and oxygen atoms in total. The van der Waals surface area contributed by atoms with Gasteiger partial charge in [-0.25, -0.2) is 4.39 Å². The van der Waals surface area contributed by atoms with Gasteiger partial charge in [0.15, 0.2) is 11.5 Å². The molecule has 0 heterocycles. The van der Waals surface area contributed by atoms with Gasteiger partial charge in [0.05, 0.1) is 7.11 Å². The zero-order valence-electron chi connectivity index (χ0n) is 13.0. The number of benzene rings is 2. The van der Waals surface area contributed by atoms with Gasteiger partial charge in [0, 0.05) is 18.2 Å². The molecule has 1 atom stereocenters. The van der Waals surface area contributed by atoms with Crippen molar-refractivity contribution in [2.24, 2.45) is 0 Å². The predicted molar refractivity (Wildman–Crippen MR) is 84.9 cm³/mol. The van der Waals surface area contributed by atoms with Gasteiger partial charge in [-0.3, -0.25) is 4.79 Å². The summed E-state index contributed by atoms with van der Waals surface area (Å²) in [6.45, 7) is -0.139. The maximum absolute atomic E-state index is 13.0. The van der Waals surface area contributed by atoms with Crippen LogP contribution in [0.4, 0.5) is 4.39 Å². The van der Waals surface area contributed by atoms with E-state index in [1.54, 1.807) is 6.07 Å². The van der Waals surface area contributed by atoms with Crippen molar-refractivity contribution in [1.29, 1.82) is 0 Å². The normalized spacial score (nSPS) is 11.6. The van der Waals surface area contributed by atoms with E-state index in [0.29, 0.717) is 5.75 Å². The molecule has 0 aliphatic rings. The van der Waals surface area contributed by atoms with E-state index in [1.165, 1.54) is 43.5 Å². The second kappa shape index (κ2) is 8.16. The molecule has 3 N–H and O–H groups in total. The van der Waals surface area contributed by atoms with Gasteiger partial charge in [-0.1, -0.05) is 6.07 Å². The Morgan fingerprint density at radius 3 is 2.79 bits per heavy atom. The number of phenols is 1. The first-order chi connectivity index (χ1) is 11.5. The second-order valence-corrected chi connectivity index (χ2v) is 5.02. The van der Waals surface area contributed by atoms with Crippen LogP contribution in [0.3, 0.4) is 0 Å². The lowest BCUT2D eigenvalue weighted by molar-refractivity contribution is 0.0843. The van der Waals surface area contributed by atoms with E-state index in [9.17, 15) is 19.4 Å². The van der Waals surface area contributed by atoms with Gasteiger partial charge >= 0.3 is 0 Å². The number of methoxy groups -OCH3 is 1. The molecule has 0 saturated heterocycles. The monoisotopic (exact) mass is 335 g/mol. The summed E-state index contributed by atoms with van der Waals surface area (Å²) in [6, 6.07) is 9.72. The van der Waals surface area contributed by atoms with Crippen LogP contribution in [0.15, 0.2) is 42.5 Å². The number of nitrogens with one attached hydrogen (secondary N) is 1. The number of aliphatic hydroxyl groups is 1. The number of hydrogen-bond donors (Lipinski definition) is 3. The number of phenolic OH excluding ortho intramolecular Hbond substituents is 1. The van der Waals surface area contributed by atoms with Crippen molar-refractivity contribution < 1.29 is 28.9 Å². The topological polar surface area (TPSA) is 88.0 Å². The zero-order chi connectivity index (χ0) is 17.5. The molecule has 7 heteroatoms. The van der Waals surface area contributed by atoms with Crippen molar-refractivity contribution in [3.63, 3.8) is 0 Å². The minimum absolute atomic E-state index is 0.0443. The van der Waals surface area contributed by atoms with Crippen LogP contribution in [0.2, 0.25) is 0 Å². The molecule has 24 heavy (non-hydrogen) atoms. The summed E-state index contributed by atoms with van der Waals surface area (Å²) in [7, 11) is 1.38. The Morgan fingerprint density at radius 2 is 2.08 bits per heavy atom. The molecule has 0 aliphatic carbocycles. The van der Waals surface area contributed by atoms with Crippen molar-refractivity contribution in [1.82, 2.24) is 5.32 Å². The summed E-state index contributed by atoms with van der Waals surface area (Å²) < 4.78 is 23.2. The smallest absolute Gasteiger partial charge is 0.251 e. The summed E-state index contributed by atoms with van der Waals surface area (Å²) in [6.07, 6.45) is -0.962. The number of amides is 1. The van der Waals surface area contributed by atoms with Crippen LogP contribution >= 0.6 is 0 Å². The lowest BCUT2D eigenvalue weighted by Crippen LogP contribution is -2.35. The largest absolute Gasteiger partial charge is 0.504 e. The Hall–Kier alpha value is -2.80. The number of aromatic hydroxyl groups is 1. The first-order valence-electron chi connectivity index (χ1n) is 7.21. The molecular weight excluding hydrogens is 317 g/mol. The molecular formula is C17H18FNO5. The molecule has 2 rings (SSSR count). The van der Waals surface area contributed by atoms with E-state index >= 15 is 0 Å². The highest BCUT2D eigenvalue weighted by Crippen LogP contribution is 2.26. The van der Waals surface area contributed by atoms with Gasteiger partial charge in [-0.2, -0.15) is 0 Å². The average molecular weight is 335 g/mol. The van der Waals surface area contributed by atoms with Crippen molar-refractivity contribution in [3.8, 4) is 17.2 Å². The molecule has 128 valence electrons. The van der Waals surface area contributed by atoms with E-state index < -0.39 is 17.8 Å². The number of ether oxygens (including phenoxy) is 2. The first kappa shape index (κ1) is 17.6. The van der Waals surface area contributed by atoms with E-state index in [-0.39, 0.29) is 30.2 Å². The van der Waals surface area contributed by atoms with Gasteiger partial charge in [-0.15, -0.1) is 0 Å². The SMILES string of the molecule is COc1cc(C(=O)NCC(O)COc2cccc(F)c2)ccc1O. The van der Waals surface area contributed by atoms with Crippen molar-refractivity contribution in [2.75, 3.05) is 20.3 Å². The molecule has 0 saturated carbocycles. The molecule has 1 unspecified atom stereocenters. The number of rotatable bonds is 7. The van der Waals surface area contributed by atoms with E-state index in [4.69, 9.17) is 9.47 Å². The molecule has 1 amide bonds. The lowest BCUT2D eigenvalue weighted by atomic mass is 10.2. The highest BCUT2D eigenvalue weighted by atomic mass is 19.1. The highest BCUT2D eigenvalue weighted by molar-refractivity contribution is 5.94. The Kier molecular flexibility index (Phi) is 5.97. The summed E-state index contributed by atoms with van der Waals surface area (Å²) in [5.41, 5.74) is 0.280. The van der Waals surface area contributed by atoms with Crippen molar-refractivity contribution in [3.05, 3.63) is 53.8 Å². The zero-order valence-corrected chi connectivity index (χ0v) is 13.0. The summed E-state index contributed by atoms with van der Waals surface area (Å²) >= 11 is 0. The van der Waals surface area contributed by atoms with E-state index in [1.807, 2.05) is 0 Å². The third kappa shape index (κ3) is 4.85. The molecule has 2 aromatic carbocycles. The highest BCUT2D eigenvalue weighted by Gasteiger charge is 2.12. The summed E-state index contributed by atoms with van der Waals surface area (Å²) in [4.78, 5) is 12.0. The Balaban J connectivity index is 1.82. The molecule has 0 spiro atoms. The second-order valence-electron chi connectivity index (χ2n) is 5.02. The molecule has 0 fully saturated rings. The standard InChI is InChI=1S/C17H18FNO5/c1-23-16-7-11(5-6-15(16)21)17(22)19-9-13(20)10-24-14-4-2-3-12(18)8-14/h2-8,13,20-21H,9-10H2,1H3,(H,19,22). The maximum Gasteiger partial charge on any atom is 0.251 e. The van der Waals surface area contributed by atoms with Crippen molar-refractivity contribution in [2.45, 2.75) is 6.10 Å². The first-order valence-corrected chi connectivity index (χ1v) is 7.21. The van der Waals surface area contributed by atoms with Gasteiger partial charge < -0.3 is 25.0 Å². The van der Waals surface area contributed by atoms with E-state index in [2.05, 4.69) is 5.32 Å². The Morgan fingerprint density at radius 1 is 1.29 bits per heavy atom. The fraction of sp³-hybridized carbons (Fsp3) is 0.235. The lowest BCUT2D eigenvalue weighted by Gasteiger charge is -2.14. The number of aliphatic hydroxyl groups excluding tert-OH is 1. The maximum atomic E-state index is 13.0. The predicted octanol–water partition coefficient (Wildman–Crippen LogP) is 1.71. The Labute approximate surface area is 138 Å². The molecule has 0 aliphatic heterocycles. The number of halogens is 1. The van der Waals surface area contributed by atoms with Crippen LogP contribution in [0.1, 0.15) is 10.4 Å². The van der Waals surface area contributed by atoms with Gasteiger partial charge in [0.2, 0.25) is 0 Å². The van der Waals surface area contributed by atoms with Crippen LogP contribution in [0, 0.1) is 5.82 Å². The van der Waals surface area contributed by atoms with Crippen molar-refractivity contribution >= 4 is 5.91 Å². The fourth-order valence-electron chi connectivity index (χ4n) is 1.94. The fourth-order valence-corrected chi connectivity index (χ4v) is 1.94. The van der Waals surface area contributed by atoms with Crippen LogP contribution in [0.25, 0.3) is 0 Å². The van der Waals surface area contributed by atoms with Crippen LogP contribution in [0.5, 0.6) is 17.2 Å². The third-order valence-electron chi connectivity index (χ3n) is 3.18. The minimum Gasteiger partial charge on any atom is -0.504 e. The summed E-state index contributed by atoms with van der Waals surface area (Å²) in [5, 5.41) is 21.9. The molecule has 2 aromatic rings. The number of hydrogen-bond acceptors (Lipinski definition) is 5. The molecule has 0 radical (unpaired) electrons. The van der Waals surface area contributed by atoms with Gasteiger partial charge in [0.25, 0.3) is 5.91 Å². The number of carbonyl (C=O) groups excluding carboxylic acids is 1. The minimum atomic E-state index is -0.962. The van der Waals surface area contributed by atoms with Gasteiger partial charge in [-0.05, 0) is 30.3 Å². The van der Waals surface area contributed by atoms with Crippen LogP contribution in [-0.4, -0.2) is 42.5 Å². The van der Waals surface area contributed by atoms with Crippen LogP contribution in [-0.2, 0) is 0 Å². The van der Waals surface area contributed by atoms with E-state index in [0.717, 1.165) is 0 Å². The van der Waals surface area contributed by atoms with Gasteiger partial charge in [0.1, 0.15) is 24.3 Å². The Bertz CT molecular complexity index is 707. The molecule has 0 aromatic heterocycles. The third-order valence-corrected chi connectivity index (χ3v) is 3.18. The average Bonchev–Trinajstić information content (AvgIpc) is 2.58. The molecule has 0 bridgehead atoms. The quantitative estimate of drug-likeness (QED) is 0.717. The summed E-state index contributed by atoms with van der Waals surface area (Å²) in [5.74, 6) is -0.464. The number of carbonyl (C=O) groups is 1.